The van der Waals surface area contributed by atoms with Gasteiger partial charge in [0.1, 0.15) is 5.60 Å². The lowest BCUT2D eigenvalue weighted by Crippen LogP contribution is -2.44. The molecule has 0 spiro atoms. The highest BCUT2D eigenvalue weighted by Gasteiger charge is 2.34. The number of aliphatic hydroxyl groups is 1. The highest BCUT2D eigenvalue weighted by atomic mass is 19.4. The molecule has 1 aromatic rings. The Bertz CT molecular complexity index is 423. The second kappa shape index (κ2) is 7.24. The average molecular weight is 304 g/mol. The molecule has 3 nitrogen and oxygen atoms in total. The van der Waals surface area contributed by atoms with Crippen molar-refractivity contribution in [3.8, 4) is 0 Å². The van der Waals surface area contributed by atoms with Crippen molar-refractivity contribution in [2.24, 2.45) is 5.73 Å². The normalized spacial score (nSPS) is 15.5. The van der Waals surface area contributed by atoms with Gasteiger partial charge in [-0.05, 0) is 25.8 Å². The zero-order valence-electron chi connectivity index (χ0n) is 12.4. The highest BCUT2D eigenvalue weighted by Crippen LogP contribution is 2.26. The van der Waals surface area contributed by atoms with E-state index >= 15 is 0 Å². The Hall–Kier alpha value is -1.11. The van der Waals surface area contributed by atoms with Gasteiger partial charge in [-0.25, -0.2) is 0 Å². The third-order valence-corrected chi connectivity index (χ3v) is 3.57. The fraction of sp³-hybridized carbons (Fsp3) is 0.600. The maximum absolute atomic E-state index is 12.6. The summed E-state index contributed by atoms with van der Waals surface area (Å²) in [6.07, 6.45) is -4.10. The molecule has 0 amide bonds. The number of alkyl halides is 3. The minimum absolute atomic E-state index is 0.0328. The third kappa shape index (κ3) is 5.65. The summed E-state index contributed by atoms with van der Waals surface area (Å²) in [6, 6.07) is 8.55. The van der Waals surface area contributed by atoms with E-state index in [9.17, 15) is 18.3 Å². The first-order chi connectivity index (χ1) is 9.68. The summed E-state index contributed by atoms with van der Waals surface area (Å²) in [4.78, 5) is 1.30. The number of benzene rings is 1. The summed E-state index contributed by atoms with van der Waals surface area (Å²) < 4.78 is 37.7. The fourth-order valence-electron chi connectivity index (χ4n) is 2.19. The summed E-state index contributed by atoms with van der Waals surface area (Å²) in [7, 11) is 0. The summed E-state index contributed by atoms with van der Waals surface area (Å²) in [5, 5.41) is 10.6. The van der Waals surface area contributed by atoms with Gasteiger partial charge in [-0.3, -0.25) is 4.90 Å². The van der Waals surface area contributed by atoms with Crippen LogP contribution < -0.4 is 5.73 Å². The largest absolute Gasteiger partial charge is 0.401 e. The first-order valence-corrected chi connectivity index (χ1v) is 6.97. The highest BCUT2D eigenvalue weighted by molar-refractivity contribution is 5.22. The van der Waals surface area contributed by atoms with Crippen molar-refractivity contribution in [2.75, 3.05) is 19.6 Å². The van der Waals surface area contributed by atoms with Crippen molar-refractivity contribution in [1.29, 1.82) is 0 Å². The van der Waals surface area contributed by atoms with Gasteiger partial charge in [0.05, 0.1) is 6.54 Å². The van der Waals surface area contributed by atoms with Crippen LogP contribution >= 0.6 is 0 Å². The topological polar surface area (TPSA) is 49.5 Å². The summed E-state index contributed by atoms with van der Waals surface area (Å²) in [6.45, 7) is 2.51. The number of rotatable bonds is 7. The first kappa shape index (κ1) is 17.9. The number of hydrogen-bond donors (Lipinski definition) is 2. The summed E-state index contributed by atoms with van der Waals surface area (Å²) >= 11 is 0. The Labute approximate surface area is 123 Å². The molecule has 0 aromatic heterocycles. The Morgan fingerprint density at radius 3 is 2.19 bits per heavy atom. The lowest BCUT2D eigenvalue weighted by atomic mass is 9.90. The maximum atomic E-state index is 12.6. The number of nitrogens with two attached hydrogens (primary N) is 1. The van der Waals surface area contributed by atoms with E-state index in [0.29, 0.717) is 5.56 Å². The molecule has 0 aliphatic carbocycles. The zero-order chi connectivity index (χ0) is 16.1. The van der Waals surface area contributed by atoms with E-state index in [2.05, 4.69) is 0 Å². The molecule has 3 N–H and O–H groups in total. The lowest BCUT2D eigenvalue weighted by Gasteiger charge is -2.33. The van der Waals surface area contributed by atoms with Crippen LogP contribution in [0, 0.1) is 0 Å². The molecule has 0 aliphatic rings. The van der Waals surface area contributed by atoms with Gasteiger partial charge in [0.15, 0.2) is 0 Å². The predicted molar refractivity (Wildman–Crippen MR) is 76.8 cm³/mol. The predicted octanol–water partition coefficient (Wildman–Crippen LogP) is 2.50. The van der Waals surface area contributed by atoms with Gasteiger partial charge in [-0.15, -0.1) is 0 Å². The van der Waals surface area contributed by atoms with Crippen molar-refractivity contribution in [3.05, 3.63) is 35.9 Å². The molecule has 1 aromatic carbocycles. The summed E-state index contributed by atoms with van der Waals surface area (Å²) in [5.41, 5.74) is 4.96. The quantitative estimate of drug-likeness (QED) is 0.814. The monoisotopic (exact) mass is 304 g/mol. The van der Waals surface area contributed by atoms with E-state index in [-0.39, 0.29) is 25.6 Å². The van der Waals surface area contributed by atoms with Crippen LogP contribution in [-0.2, 0) is 5.60 Å². The minimum Gasteiger partial charge on any atom is -0.384 e. The van der Waals surface area contributed by atoms with E-state index in [4.69, 9.17) is 5.73 Å². The molecule has 120 valence electrons. The van der Waals surface area contributed by atoms with E-state index in [0.717, 1.165) is 0 Å². The van der Waals surface area contributed by atoms with Gasteiger partial charge >= 0.3 is 6.18 Å². The number of nitrogens with zero attached hydrogens (tertiary/aromatic N) is 1. The standard InChI is InChI=1S/C15H23F3N2O/c1-12(2)20(11-15(16,17)18)9-8-14(21,10-19)13-6-4-3-5-7-13/h3-7,12,21H,8-11,19H2,1-2H3. The van der Waals surface area contributed by atoms with Gasteiger partial charge in [0, 0.05) is 19.1 Å². The van der Waals surface area contributed by atoms with Crippen LogP contribution in [0.15, 0.2) is 30.3 Å². The molecule has 0 heterocycles. The Morgan fingerprint density at radius 1 is 1.19 bits per heavy atom. The van der Waals surface area contributed by atoms with E-state index in [1.54, 1.807) is 38.1 Å². The molecule has 1 unspecified atom stereocenters. The van der Waals surface area contributed by atoms with Crippen LogP contribution in [0.3, 0.4) is 0 Å². The first-order valence-electron chi connectivity index (χ1n) is 6.97. The van der Waals surface area contributed by atoms with Crippen LogP contribution in [-0.4, -0.2) is 41.9 Å². The minimum atomic E-state index is -4.25. The van der Waals surface area contributed by atoms with Crippen molar-refractivity contribution >= 4 is 0 Å². The zero-order valence-corrected chi connectivity index (χ0v) is 12.4. The van der Waals surface area contributed by atoms with Gasteiger partial charge in [-0.2, -0.15) is 13.2 Å². The van der Waals surface area contributed by atoms with Crippen LogP contribution in [0.5, 0.6) is 0 Å². The molecule has 6 heteroatoms. The lowest BCUT2D eigenvalue weighted by molar-refractivity contribution is -0.151. The molecule has 0 saturated heterocycles. The van der Waals surface area contributed by atoms with E-state index in [1.165, 1.54) is 4.90 Å². The van der Waals surface area contributed by atoms with Crippen molar-refractivity contribution < 1.29 is 18.3 Å². The second-order valence-corrected chi connectivity index (χ2v) is 5.53. The SMILES string of the molecule is CC(C)N(CCC(O)(CN)c1ccccc1)CC(F)(F)F. The fourth-order valence-corrected chi connectivity index (χ4v) is 2.19. The van der Waals surface area contributed by atoms with Gasteiger partial charge < -0.3 is 10.8 Å². The van der Waals surface area contributed by atoms with Crippen LogP contribution in [0.1, 0.15) is 25.8 Å². The molecule has 1 rings (SSSR count). The van der Waals surface area contributed by atoms with Crippen LogP contribution in [0.25, 0.3) is 0 Å². The third-order valence-electron chi connectivity index (χ3n) is 3.57. The molecule has 0 aliphatic heterocycles. The summed E-state index contributed by atoms with van der Waals surface area (Å²) in [5.74, 6) is 0. The Morgan fingerprint density at radius 2 is 1.76 bits per heavy atom. The smallest absolute Gasteiger partial charge is 0.384 e. The number of hydrogen-bond acceptors (Lipinski definition) is 3. The molecule has 0 fully saturated rings. The molecular formula is C15H23F3N2O. The second-order valence-electron chi connectivity index (χ2n) is 5.53. The van der Waals surface area contributed by atoms with Gasteiger partial charge in [-0.1, -0.05) is 30.3 Å². The van der Waals surface area contributed by atoms with Crippen molar-refractivity contribution in [3.63, 3.8) is 0 Å². The molecular weight excluding hydrogens is 281 g/mol. The van der Waals surface area contributed by atoms with Gasteiger partial charge in [0.25, 0.3) is 0 Å². The van der Waals surface area contributed by atoms with Crippen molar-refractivity contribution in [2.45, 2.75) is 38.1 Å². The van der Waals surface area contributed by atoms with Crippen LogP contribution in [0.4, 0.5) is 13.2 Å². The van der Waals surface area contributed by atoms with Gasteiger partial charge in [0.2, 0.25) is 0 Å². The molecule has 0 saturated carbocycles. The van der Waals surface area contributed by atoms with E-state index in [1.807, 2.05) is 6.07 Å². The maximum Gasteiger partial charge on any atom is 0.401 e. The molecule has 1 atom stereocenters. The molecule has 0 bridgehead atoms. The number of halogens is 3. The van der Waals surface area contributed by atoms with E-state index < -0.39 is 18.3 Å². The van der Waals surface area contributed by atoms with Crippen molar-refractivity contribution in [1.82, 2.24) is 4.90 Å². The Balaban J connectivity index is 2.77. The van der Waals surface area contributed by atoms with Crippen LogP contribution in [0.2, 0.25) is 0 Å². The molecule has 0 radical (unpaired) electrons. The Kier molecular flexibility index (Phi) is 6.19. The average Bonchev–Trinajstić information content (AvgIpc) is 2.42. The molecule has 21 heavy (non-hydrogen) atoms.